The fourth-order valence-corrected chi connectivity index (χ4v) is 3.06. The maximum Gasteiger partial charge on any atom is 0.132 e. The topological polar surface area (TPSA) is 41.5 Å². The van der Waals surface area contributed by atoms with Crippen molar-refractivity contribution in [3.05, 3.63) is 24.3 Å². The van der Waals surface area contributed by atoms with Crippen LogP contribution in [-0.4, -0.2) is 37.2 Å². The molecule has 0 radical (unpaired) electrons. The molecule has 0 amide bonds. The van der Waals surface area contributed by atoms with E-state index in [1.54, 1.807) is 7.11 Å². The first-order valence-corrected chi connectivity index (χ1v) is 7.75. The van der Waals surface area contributed by atoms with Gasteiger partial charge in [-0.25, -0.2) is 0 Å². The number of para-hydroxylation sites is 1. The number of likely N-dealkylation sites (N-methyl/N-ethyl adjacent to an activating group) is 1. The third-order valence-corrected chi connectivity index (χ3v) is 4.78. The average Bonchev–Trinajstić information content (AvgIpc) is 2.48. The van der Waals surface area contributed by atoms with Crippen LogP contribution >= 0.6 is 11.8 Å². The fraction of sp³-hybridized carbons (Fsp3) is 0.600. The second-order valence-corrected chi connectivity index (χ2v) is 5.78. The molecule has 2 N–H and O–H groups in total. The van der Waals surface area contributed by atoms with Gasteiger partial charge >= 0.3 is 0 Å². The minimum absolute atomic E-state index is 0.124. The summed E-state index contributed by atoms with van der Waals surface area (Å²) in [6, 6.07) is 8.08. The summed E-state index contributed by atoms with van der Waals surface area (Å²) in [4.78, 5) is 1.18. The highest BCUT2D eigenvalue weighted by Gasteiger charge is 2.24. The van der Waals surface area contributed by atoms with Gasteiger partial charge in [0, 0.05) is 10.4 Å². The summed E-state index contributed by atoms with van der Waals surface area (Å²) in [5, 5.41) is 12.7. The predicted molar refractivity (Wildman–Crippen MR) is 82.1 cm³/mol. The zero-order valence-electron chi connectivity index (χ0n) is 12.1. The van der Waals surface area contributed by atoms with Gasteiger partial charge < -0.3 is 15.2 Å². The van der Waals surface area contributed by atoms with E-state index >= 15 is 0 Å². The van der Waals surface area contributed by atoms with Crippen molar-refractivity contribution in [2.24, 2.45) is 0 Å². The van der Waals surface area contributed by atoms with E-state index in [-0.39, 0.29) is 12.1 Å². The number of hydrogen-bond donors (Lipinski definition) is 2. The Bertz CT molecular complexity index is 359. The second-order valence-electron chi connectivity index (χ2n) is 4.64. The third kappa shape index (κ3) is 4.71. The maximum atomic E-state index is 9.49. The lowest BCUT2D eigenvalue weighted by Crippen LogP contribution is -2.45. The molecule has 0 bridgehead atoms. The van der Waals surface area contributed by atoms with Gasteiger partial charge in [-0.15, -0.1) is 11.8 Å². The molecule has 108 valence electrons. The Morgan fingerprint density at radius 1 is 1.37 bits per heavy atom. The van der Waals surface area contributed by atoms with E-state index in [0.717, 1.165) is 30.8 Å². The van der Waals surface area contributed by atoms with Crippen molar-refractivity contribution in [2.45, 2.75) is 36.6 Å². The van der Waals surface area contributed by atoms with Crippen molar-refractivity contribution >= 4 is 11.8 Å². The van der Waals surface area contributed by atoms with E-state index in [0.29, 0.717) is 0 Å². The zero-order valence-corrected chi connectivity index (χ0v) is 12.9. The van der Waals surface area contributed by atoms with Gasteiger partial charge in [0.15, 0.2) is 0 Å². The van der Waals surface area contributed by atoms with Crippen molar-refractivity contribution in [1.82, 2.24) is 5.32 Å². The Morgan fingerprint density at radius 3 is 2.68 bits per heavy atom. The van der Waals surface area contributed by atoms with E-state index in [2.05, 4.69) is 18.3 Å². The zero-order chi connectivity index (χ0) is 14.1. The molecule has 1 aromatic carbocycles. The normalized spacial score (nSPS) is 14.1. The number of aliphatic hydroxyl groups is 1. The van der Waals surface area contributed by atoms with Crippen molar-refractivity contribution in [2.75, 3.05) is 26.5 Å². The van der Waals surface area contributed by atoms with Gasteiger partial charge in [-0.2, -0.15) is 0 Å². The average molecular weight is 283 g/mol. The molecule has 0 aliphatic carbocycles. The Morgan fingerprint density at radius 2 is 2.11 bits per heavy atom. The van der Waals surface area contributed by atoms with Gasteiger partial charge in [-0.05, 0) is 44.2 Å². The first-order chi connectivity index (χ1) is 9.21. The van der Waals surface area contributed by atoms with Crippen LogP contribution in [0.4, 0.5) is 0 Å². The lowest BCUT2D eigenvalue weighted by atomic mass is 9.92. The number of thioether (sulfide) groups is 1. The van der Waals surface area contributed by atoms with E-state index < -0.39 is 0 Å². The summed E-state index contributed by atoms with van der Waals surface area (Å²) in [5.41, 5.74) is -0.124. The summed E-state index contributed by atoms with van der Waals surface area (Å²) in [6.45, 7) is 2.30. The molecular weight excluding hydrogens is 258 g/mol. The molecule has 0 saturated heterocycles. The molecule has 1 aromatic rings. The van der Waals surface area contributed by atoms with Crippen LogP contribution in [-0.2, 0) is 0 Å². The van der Waals surface area contributed by atoms with Crippen LogP contribution in [0.1, 0.15) is 26.2 Å². The smallest absolute Gasteiger partial charge is 0.132 e. The summed E-state index contributed by atoms with van der Waals surface area (Å²) < 4.78 is 5.33. The van der Waals surface area contributed by atoms with Gasteiger partial charge in [0.1, 0.15) is 5.75 Å². The molecule has 0 aliphatic heterocycles. The molecule has 1 rings (SSSR count). The van der Waals surface area contributed by atoms with Crippen LogP contribution in [0.25, 0.3) is 0 Å². The molecule has 0 fully saturated rings. The van der Waals surface area contributed by atoms with Crippen molar-refractivity contribution in [1.29, 1.82) is 0 Å². The largest absolute Gasteiger partial charge is 0.496 e. The maximum absolute atomic E-state index is 9.49. The molecule has 1 unspecified atom stereocenters. The van der Waals surface area contributed by atoms with Crippen molar-refractivity contribution < 1.29 is 9.84 Å². The molecule has 0 aliphatic rings. The van der Waals surface area contributed by atoms with Gasteiger partial charge in [-0.1, -0.05) is 19.1 Å². The van der Waals surface area contributed by atoms with Crippen LogP contribution in [0.3, 0.4) is 0 Å². The highest BCUT2D eigenvalue weighted by atomic mass is 32.2. The number of aliphatic hydroxyl groups excluding tert-OH is 1. The predicted octanol–water partition coefficient (Wildman–Crippen LogP) is 2.93. The Kier molecular flexibility index (Phi) is 7.28. The summed E-state index contributed by atoms with van der Waals surface area (Å²) in [7, 11) is 3.63. The fourth-order valence-electron chi connectivity index (χ4n) is 2.08. The van der Waals surface area contributed by atoms with Gasteiger partial charge in [0.25, 0.3) is 0 Å². The highest BCUT2D eigenvalue weighted by Crippen LogP contribution is 2.30. The van der Waals surface area contributed by atoms with Crippen LogP contribution < -0.4 is 10.1 Å². The minimum atomic E-state index is -0.124. The SMILES string of the molecule is CCC(CO)(CCCSc1ccccc1OC)NC. The van der Waals surface area contributed by atoms with Gasteiger partial charge in [0.2, 0.25) is 0 Å². The molecular formula is C15H25NO2S. The van der Waals surface area contributed by atoms with Crippen LogP contribution in [0.5, 0.6) is 5.75 Å². The second kappa shape index (κ2) is 8.46. The molecule has 3 nitrogen and oxygen atoms in total. The number of hydrogen-bond acceptors (Lipinski definition) is 4. The number of rotatable bonds is 9. The quantitative estimate of drug-likeness (QED) is 0.540. The lowest BCUT2D eigenvalue weighted by molar-refractivity contribution is 0.154. The number of methoxy groups -OCH3 is 1. The lowest BCUT2D eigenvalue weighted by Gasteiger charge is -2.30. The molecule has 1 atom stereocenters. The minimum Gasteiger partial charge on any atom is -0.496 e. The summed E-state index contributed by atoms with van der Waals surface area (Å²) >= 11 is 1.81. The Hall–Kier alpha value is -0.710. The molecule has 0 saturated carbocycles. The van der Waals surface area contributed by atoms with Crippen LogP contribution in [0, 0.1) is 0 Å². The Balaban J connectivity index is 2.42. The van der Waals surface area contributed by atoms with Gasteiger partial charge in [-0.3, -0.25) is 0 Å². The highest BCUT2D eigenvalue weighted by molar-refractivity contribution is 7.99. The van der Waals surface area contributed by atoms with Crippen LogP contribution in [0.2, 0.25) is 0 Å². The molecule has 19 heavy (non-hydrogen) atoms. The third-order valence-electron chi connectivity index (χ3n) is 3.64. The van der Waals surface area contributed by atoms with E-state index in [1.807, 2.05) is 37.0 Å². The van der Waals surface area contributed by atoms with E-state index in [9.17, 15) is 5.11 Å². The molecule has 0 spiro atoms. The van der Waals surface area contributed by atoms with E-state index in [1.165, 1.54) is 4.90 Å². The summed E-state index contributed by atoms with van der Waals surface area (Å²) in [6.07, 6.45) is 3.00. The summed E-state index contributed by atoms with van der Waals surface area (Å²) in [5.74, 6) is 1.97. The number of ether oxygens (including phenoxy) is 1. The van der Waals surface area contributed by atoms with Crippen molar-refractivity contribution in [3.8, 4) is 5.75 Å². The molecule has 0 heterocycles. The standard InChI is InChI=1S/C15H25NO2S/c1-4-15(12-17,16-2)10-7-11-19-14-9-6-5-8-13(14)18-3/h5-6,8-9,16-17H,4,7,10-12H2,1-3H3. The molecule has 4 heteroatoms. The Labute approximate surface area is 120 Å². The van der Waals surface area contributed by atoms with Gasteiger partial charge in [0.05, 0.1) is 13.7 Å². The van der Waals surface area contributed by atoms with Crippen LogP contribution in [0.15, 0.2) is 29.2 Å². The first-order valence-electron chi connectivity index (χ1n) is 6.77. The first kappa shape index (κ1) is 16.3. The van der Waals surface area contributed by atoms with Crippen molar-refractivity contribution in [3.63, 3.8) is 0 Å². The monoisotopic (exact) mass is 283 g/mol. The molecule has 0 aromatic heterocycles. The number of benzene rings is 1. The van der Waals surface area contributed by atoms with E-state index in [4.69, 9.17) is 4.74 Å². The number of nitrogens with one attached hydrogen (secondary N) is 1.